The van der Waals surface area contributed by atoms with Crippen molar-refractivity contribution in [1.82, 2.24) is 4.72 Å². The summed E-state index contributed by atoms with van der Waals surface area (Å²) in [6.45, 7) is -0.0667. The molecule has 0 aromatic heterocycles. The van der Waals surface area contributed by atoms with Crippen molar-refractivity contribution in [3.8, 4) is 0 Å². The normalized spacial score (nSPS) is 11.3. The number of carbonyl (C=O) groups excluding carboxylic acids is 1. The molecule has 2 aromatic rings. The molecule has 0 atom stereocenters. The highest BCUT2D eigenvalue weighted by molar-refractivity contribution is 7.89. The molecule has 0 amide bonds. The molecule has 0 heterocycles. The number of methoxy groups -OCH3 is 1. The molecule has 1 N–H and O–H groups in total. The minimum Gasteiger partial charge on any atom is -0.465 e. The van der Waals surface area contributed by atoms with Gasteiger partial charge in [-0.3, -0.25) is 0 Å². The van der Waals surface area contributed by atoms with Crippen molar-refractivity contribution in [2.45, 2.75) is 11.4 Å². The summed E-state index contributed by atoms with van der Waals surface area (Å²) >= 11 is 0. The van der Waals surface area contributed by atoms with Crippen LogP contribution in [0.4, 0.5) is 8.78 Å². The lowest BCUT2D eigenvalue weighted by atomic mass is 10.1. The lowest BCUT2D eigenvalue weighted by Gasteiger charge is -2.08. The van der Waals surface area contributed by atoms with Crippen molar-refractivity contribution in [2.24, 2.45) is 0 Å². The van der Waals surface area contributed by atoms with Crippen molar-refractivity contribution >= 4 is 16.0 Å². The van der Waals surface area contributed by atoms with Crippen LogP contribution in [-0.2, 0) is 21.3 Å². The fourth-order valence-corrected chi connectivity index (χ4v) is 2.81. The molecule has 0 unspecified atom stereocenters. The maximum Gasteiger partial charge on any atom is 0.337 e. The molecule has 2 rings (SSSR count). The highest BCUT2D eigenvalue weighted by Crippen LogP contribution is 2.14. The maximum atomic E-state index is 13.1. The summed E-state index contributed by atoms with van der Waals surface area (Å²) in [6.07, 6.45) is 0. The van der Waals surface area contributed by atoms with E-state index >= 15 is 0 Å². The number of esters is 1. The van der Waals surface area contributed by atoms with Gasteiger partial charge in [0.1, 0.15) is 0 Å². The van der Waals surface area contributed by atoms with Gasteiger partial charge in [0.05, 0.1) is 17.6 Å². The van der Waals surface area contributed by atoms with Gasteiger partial charge in [-0.25, -0.2) is 26.7 Å². The Balaban J connectivity index is 2.09. The van der Waals surface area contributed by atoms with Crippen molar-refractivity contribution in [3.05, 3.63) is 65.2 Å². The van der Waals surface area contributed by atoms with Crippen molar-refractivity contribution in [2.75, 3.05) is 7.11 Å². The van der Waals surface area contributed by atoms with E-state index in [-0.39, 0.29) is 11.4 Å². The number of ether oxygens (including phenoxy) is 1. The van der Waals surface area contributed by atoms with Crippen LogP contribution < -0.4 is 4.72 Å². The highest BCUT2D eigenvalue weighted by Gasteiger charge is 2.16. The van der Waals surface area contributed by atoms with Crippen molar-refractivity contribution < 1.29 is 26.7 Å². The van der Waals surface area contributed by atoms with Crippen molar-refractivity contribution in [3.63, 3.8) is 0 Å². The topological polar surface area (TPSA) is 72.5 Å². The molecule has 0 radical (unpaired) electrons. The Hall–Kier alpha value is -2.32. The predicted octanol–water partition coefficient (Wildman–Crippen LogP) is 2.23. The third-order valence-electron chi connectivity index (χ3n) is 3.04. The Labute approximate surface area is 132 Å². The van der Waals surface area contributed by atoms with E-state index in [1.807, 2.05) is 0 Å². The Morgan fingerprint density at radius 3 is 2.30 bits per heavy atom. The first-order chi connectivity index (χ1) is 10.8. The van der Waals surface area contributed by atoms with Gasteiger partial charge in [0, 0.05) is 6.54 Å². The van der Waals surface area contributed by atoms with E-state index in [0.29, 0.717) is 17.2 Å². The standard InChI is InChI=1S/C15H13F2NO4S/c1-22-15(19)11-4-2-10(3-5-11)9-18-23(20,21)12-6-7-13(16)14(17)8-12/h2-8,18H,9H2,1H3. The van der Waals surface area contributed by atoms with E-state index in [0.717, 1.165) is 12.1 Å². The molecule has 0 aliphatic rings. The third-order valence-corrected chi connectivity index (χ3v) is 4.44. The molecular weight excluding hydrogens is 328 g/mol. The summed E-state index contributed by atoms with van der Waals surface area (Å²) in [5.74, 6) is -2.86. The fourth-order valence-electron chi connectivity index (χ4n) is 1.78. The molecule has 0 bridgehead atoms. The lowest BCUT2D eigenvalue weighted by molar-refractivity contribution is 0.0600. The molecule has 5 nitrogen and oxygen atoms in total. The van der Waals surface area contributed by atoms with Crippen LogP contribution in [0.1, 0.15) is 15.9 Å². The van der Waals surface area contributed by atoms with Crippen LogP contribution in [0.25, 0.3) is 0 Å². The minimum absolute atomic E-state index is 0.0667. The van der Waals surface area contributed by atoms with Crippen molar-refractivity contribution in [1.29, 1.82) is 0 Å². The Morgan fingerprint density at radius 2 is 1.74 bits per heavy atom. The van der Waals surface area contributed by atoms with Gasteiger partial charge in [0.15, 0.2) is 11.6 Å². The zero-order chi connectivity index (χ0) is 17.0. The number of hydrogen-bond donors (Lipinski definition) is 1. The molecule has 2 aromatic carbocycles. The lowest BCUT2D eigenvalue weighted by Crippen LogP contribution is -2.23. The molecule has 23 heavy (non-hydrogen) atoms. The highest BCUT2D eigenvalue weighted by atomic mass is 32.2. The molecule has 0 aliphatic heterocycles. The summed E-state index contributed by atoms with van der Waals surface area (Å²) in [7, 11) is -2.72. The number of halogens is 2. The maximum absolute atomic E-state index is 13.1. The summed E-state index contributed by atoms with van der Waals surface area (Å²) in [4.78, 5) is 10.9. The molecule has 0 aliphatic carbocycles. The van der Waals surface area contributed by atoms with Gasteiger partial charge in [0.2, 0.25) is 10.0 Å². The molecule has 0 saturated heterocycles. The smallest absolute Gasteiger partial charge is 0.337 e. The zero-order valence-corrected chi connectivity index (χ0v) is 12.9. The van der Waals surface area contributed by atoms with E-state index in [1.54, 1.807) is 12.1 Å². The first-order valence-electron chi connectivity index (χ1n) is 6.45. The summed E-state index contributed by atoms with van der Waals surface area (Å²) in [5.41, 5.74) is 0.920. The van der Waals surface area contributed by atoms with Crippen LogP contribution in [0.15, 0.2) is 47.4 Å². The molecular formula is C15H13F2NO4S. The van der Waals surface area contributed by atoms with E-state index in [9.17, 15) is 22.0 Å². The summed E-state index contributed by atoms with van der Waals surface area (Å²) in [5, 5.41) is 0. The second-order valence-electron chi connectivity index (χ2n) is 4.59. The van der Waals surface area contributed by atoms with Crippen LogP contribution in [0.2, 0.25) is 0 Å². The Morgan fingerprint density at radius 1 is 1.09 bits per heavy atom. The first kappa shape index (κ1) is 17.0. The monoisotopic (exact) mass is 341 g/mol. The van der Waals surface area contributed by atoms with Crippen LogP contribution in [0.5, 0.6) is 0 Å². The van der Waals surface area contributed by atoms with Gasteiger partial charge in [0.25, 0.3) is 0 Å². The molecule has 0 fully saturated rings. The second kappa shape index (κ2) is 6.84. The number of sulfonamides is 1. The van der Waals surface area contributed by atoms with Gasteiger partial charge in [-0.2, -0.15) is 0 Å². The molecule has 0 spiro atoms. The molecule has 8 heteroatoms. The van der Waals surface area contributed by atoms with E-state index in [1.165, 1.54) is 19.2 Å². The zero-order valence-electron chi connectivity index (χ0n) is 12.0. The van der Waals surface area contributed by atoms with E-state index in [2.05, 4.69) is 9.46 Å². The van der Waals surface area contributed by atoms with E-state index < -0.39 is 27.6 Å². The van der Waals surface area contributed by atoms with Gasteiger partial charge >= 0.3 is 5.97 Å². The molecule has 122 valence electrons. The number of hydrogen-bond acceptors (Lipinski definition) is 4. The Bertz CT molecular complexity index is 820. The summed E-state index contributed by atoms with van der Waals surface area (Å²) in [6, 6.07) is 8.42. The van der Waals surface area contributed by atoms with Crippen LogP contribution in [0, 0.1) is 11.6 Å². The van der Waals surface area contributed by atoms with Gasteiger partial charge in [-0.15, -0.1) is 0 Å². The number of rotatable bonds is 5. The van der Waals surface area contributed by atoms with Crippen LogP contribution in [-0.4, -0.2) is 21.5 Å². The quantitative estimate of drug-likeness (QED) is 0.847. The van der Waals surface area contributed by atoms with Crippen LogP contribution in [0.3, 0.4) is 0 Å². The average Bonchev–Trinajstić information content (AvgIpc) is 2.55. The summed E-state index contributed by atoms with van der Waals surface area (Å²) < 4.78 is 56.8. The van der Waals surface area contributed by atoms with Crippen LogP contribution >= 0.6 is 0 Å². The SMILES string of the molecule is COC(=O)c1ccc(CNS(=O)(=O)c2ccc(F)c(F)c2)cc1. The number of carbonyl (C=O) groups is 1. The fraction of sp³-hybridized carbons (Fsp3) is 0.133. The van der Waals surface area contributed by atoms with Gasteiger partial charge < -0.3 is 4.74 Å². The minimum atomic E-state index is -3.98. The van der Waals surface area contributed by atoms with Gasteiger partial charge in [-0.1, -0.05) is 12.1 Å². The number of benzene rings is 2. The number of nitrogens with one attached hydrogen (secondary N) is 1. The first-order valence-corrected chi connectivity index (χ1v) is 7.94. The predicted molar refractivity (Wildman–Crippen MR) is 78.2 cm³/mol. The largest absolute Gasteiger partial charge is 0.465 e. The Kier molecular flexibility index (Phi) is 5.07. The molecule has 0 saturated carbocycles. The second-order valence-corrected chi connectivity index (χ2v) is 6.36. The van der Waals surface area contributed by atoms with Gasteiger partial charge in [-0.05, 0) is 35.9 Å². The van der Waals surface area contributed by atoms with E-state index in [4.69, 9.17) is 0 Å². The third kappa shape index (κ3) is 4.11. The average molecular weight is 341 g/mol.